The first-order valence-electron chi connectivity index (χ1n) is 4.53. The monoisotopic (exact) mass is 245 g/mol. The van der Waals surface area contributed by atoms with Crippen LogP contribution in [-0.2, 0) is 4.79 Å². The highest BCUT2D eigenvalue weighted by Gasteiger charge is 2.24. The van der Waals surface area contributed by atoms with Gasteiger partial charge in [0.1, 0.15) is 17.2 Å². The minimum atomic E-state index is -1.76. The molecular weight excluding hydrogens is 236 g/mol. The first kappa shape index (κ1) is 13.0. The number of benzene rings is 1. The summed E-state index contributed by atoms with van der Waals surface area (Å²) in [5.74, 6) is -7.03. The van der Waals surface area contributed by atoms with Crippen molar-refractivity contribution in [2.75, 3.05) is 6.54 Å². The van der Waals surface area contributed by atoms with Crippen LogP contribution in [-0.4, -0.2) is 28.7 Å². The van der Waals surface area contributed by atoms with E-state index in [0.717, 1.165) is 0 Å². The van der Waals surface area contributed by atoms with Crippen LogP contribution in [0.5, 0.6) is 0 Å². The number of hydrogen-bond donors (Lipinski definition) is 3. The van der Waals surface area contributed by atoms with Crippen molar-refractivity contribution in [3.63, 3.8) is 0 Å². The molecule has 1 atom stereocenters. The number of rotatable bonds is 4. The Kier molecular flexibility index (Phi) is 3.74. The number of hydrogen-bond acceptors (Lipinski definition) is 3. The molecule has 0 spiro atoms. The summed E-state index contributed by atoms with van der Waals surface area (Å²) in [4.78, 5) is 21.2. The number of aromatic carboxylic acids is 1. The molecule has 0 aliphatic carbocycles. The molecule has 0 aliphatic heterocycles. The van der Waals surface area contributed by atoms with Crippen LogP contribution in [0.1, 0.15) is 21.8 Å². The van der Waals surface area contributed by atoms with Crippen LogP contribution in [0.15, 0.2) is 12.1 Å². The minimum absolute atomic E-state index is 0.208. The molecule has 0 aromatic heterocycles. The molecule has 0 bridgehead atoms. The van der Waals surface area contributed by atoms with Crippen molar-refractivity contribution in [3.8, 4) is 0 Å². The van der Waals surface area contributed by atoms with Gasteiger partial charge in [-0.3, -0.25) is 4.79 Å². The maximum atomic E-state index is 13.3. The van der Waals surface area contributed by atoms with Crippen molar-refractivity contribution in [1.29, 1.82) is 0 Å². The van der Waals surface area contributed by atoms with E-state index in [2.05, 4.69) is 0 Å². The number of nitrogens with two attached hydrogens (primary N) is 1. The maximum absolute atomic E-state index is 13.3. The van der Waals surface area contributed by atoms with Gasteiger partial charge in [0.05, 0.1) is 5.92 Å². The van der Waals surface area contributed by atoms with E-state index in [1.54, 1.807) is 0 Å². The molecule has 1 aromatic rings. The summed E-state index contributed by atoms with van der Waals surface area (Å²) < 4.78 is 26.5. The second-order valence-corrected chi connectivity index (χ2v) is 3.29. The van der Waals surface area contributed by atoms with Crippen molar-refractivity contribution in [2.45, 2.75) is 5.92 Å². The molecule has 1 unspecified atom stereocenters. The average Bonchev–Trinajstić information content (AvgIpc) is 2.15. The van der Waals surface area contributed by atoms with E-state index in [1.807, 2.05) is 0 Å². The second kappa shape index (κ2) is 4.88. The zero-order valence-corrected chi connectivity index (χ0v) is 8.48. The Morgan fingerprint density at radius 3 is 2.00 bits per heavy atom. The van der Waals surface area contributed by atoms with E-state index in [4.69, 9.17) is 15.9 Å². The van der Waals surface area contributed by atoms with Crippen molar-refractivity contribution in [2.24, 2.45) is 5.73 Å². The molecule has 1 rings (SSSR count). The standard InChI is InChI=1S/C10H9F2NO4/c11-6-1-4(5(3-13)9(14)15)2-7(12)8(6)10(16)17/h1-2,5H,3,13H2,(H,14,15)(H,16,17). The lowest BCUT2D eigenvalue weighted by atomic mass is 9.97. The third kappa shape index (κ3) is 2.56. The quantitative estimate of drug-likeness (QED) is 0.728. The van der Waals surface area contributed by atoms with Crippen LogP contribution < -0.4 is 5.73 Å². The molecule has 0 fully saturated rings. The van der Waals surface area contributed by atoms with Gasteiger partial charge in [-0.2, -0.15) is 0 Å². The largest absolute Gasteiger partial charge is 0.481 e. The van der Waals surface area contributed by atoms with Crippen molar-refractivity contribution in [1.82, 2.24) is 0 Å². The molecule has 1 aromatic carbocycles. The molecule has 0 heterocycles. The van der Waals surface area contributed by atoms with Crippen LogP contribution in [0.3, 0.4) is 0 Å². The van der Waals surface area contributed by atoms with Gasteiger partial charge in [-0.25, -0.2) is 13.6 Å². The van der Waals surface area contributed by atoms with Gasteiger partial charge in [0.15, 0.2) is 0 Å². The smallest absolute Gasteiger partial charge is 0.341 e. The Balaban J connectivity index is 3.31. The number of halogens is 2. The lowest BCUT2D eigenvalue weighted by molar-refractivity contribution is -0.138. The van der Waals surface area contributed by atoms with Gasteiger partial charge in [-0.1, -0.05) is 0 Å². The molecule has 5 nitrogen and oxygen atoms in total. The highest BCUT2D eigenvalue weighted by Crippen LogP contribution is 2.21. The third-order valence-corrected chi connectivity index (χ3v) is 2.21. The number of aliphatic carboxylic acids is 1. The summed E-state index contributed by atoms with van der Waals surface area (Å²) in [5, 5.41) is 17.3. The minimum Gasteiger partial charge on any atom is -0.481 e. The van der Waals surface area contributed by atoms with Gasteiger partial charge in [0.2, 0.25) is 0 Å². The van der Waals surface area contributed by atoms with Crippen LogP contribution in [0.2, 0.25) is 0 Å². The highest BCUT2D eigenvalue weighted by molar-refractivity contribution is 5.88. The molecule has 0 saturated heterocycles. The molecule has 0 saturated carbocycles. The maximum Gasteiger partial charge on any atom is 0.341 e. The first-order chi connectivity index (χ1) is 7.88. The van der Waals surface area contributed by atoms with Gasteiger partial charge in [-0.05, 0) is 17.7 Å². The van der Waals surface area contributed by atoms with E-state index in [1.165, 1.54) is 0 Å². The zero-order chi connectivity index (χ0) is 13.2. The van der Waals surface area contributed by atoms with Crippen molar-refractivity contribution < 1.29 is 28.6 Å². The average molecular weight is 245 g/mol. The Labute approximate surface area is 94.5 Å². The molecule has 4 N–H and O–H groups in total. The molecular formula is C10H9F2NO4. The predicted molar refractivity (Wildman–Crippen MR) is 52.7 cm³/mol. The predicted octanol–water partition coefficient (Wildman–Crippen LogP) is 0.790. The molecule has 0 radical (unpaired) electrons. The van der Waals surface area contributed by atoms with Gasteiger partial charge in [0.25, 0.3) is 0 Å². The number of carbonyl (C=O) groups is 2. The fourth-order valence-electron chi connectivity index (χ4n) is 1.38. The number of carboxylic acid groups (broad SMARTS) is 2. The lowest BCUT2D eigenvalue weighted by Gasteiger charge is -2.11. The van der Waals surface area contributed by atoms with Crippen LogP contribution in [0, 0.1) is 11.6 Å². The molecule has 17 heavy (non-hydrogen) atoms. The summed E-state index contributed by atoms with van der Waals surface area (Å²) >= 11 is 0. The molecule has 7 heteroatoms. The van der Waals surface area contributed by atoms with E-state index < -0.39 is 35.1 Å². The molecule has 0 aliphatic rings. The van der Waals surface area contributed by atoms with Gasteiger partial charge in [-0.15, -0.1) is 0 Å². The summed E-state index contributed by atoms with van der Waals surface area (Å²) in [7, 11) is 0. The summed E-state index contributed by atoms with van der Waals surface area (Å²) in [6.45, 7) is -0.347. The Hall–Kier alpha value is -2.02. The normalized spacial score (nSPS) is 12.2. The lowest BCUT2D eigenvalue weighted by Crippen LogP contribution is -2.22. The zero-order valence-electron chi connectivity index (χ0n) is 8.48. The highest BCUT2D eigenvalue weighted by atomic mass is 19.1. The number of carboxylic acids is 2. The van der Waals surface area contributed by atoms with E-state index in [-0.39, 0.29) is 12.1 Å². The first-order valence-corrected chi connectivity index (χ1v) is 4.53. The van der Waals surface area contributed by atoms with Gasteiger partial charge < -0.3 is 15.9 Å². The van der Waals surface area contributed by atoms with E-state index >= 15 is 0 Å². The summed E-state index contributed by atoms with van der Waals surface area (Å²) in [6.07, 6.45) is 0. The fourth-order valence-corrected chi connectivity index (χ4v) is 1.38. The SMILES string of the molecule is NCC(C(=O)O)c1cc(F)c(C(=O)O)c(F)c1. The van der Waals surface area contributed by atoms with Crippen molar-refractivity contribution >= 4 is 11.9 Å². The van der Waals surface area contributed by atoms with Crippen LogP contribution in [0.4, 0.5) is 8.78 Å². The third-order valence-electron chi connectivity index (χ3n) is 2.21. The van der Waals surface area contributed by atoms with E-state index in [9.17, 15) is 18.4 Å². The second-order valence-electron chi connectivity index (χ2n) is 3.29. The Bertz CT molecular complexity index is 452. The Morgan fingerprint density at radius 1 is 1.24 bits per heavy atom. The summed E-state index contributed by atoms with van der Waals surface area (Å²) in [5.41, 5.74) is 3.84. The van der Waals surface area contributed by atoms with Crippen LogP contribution >= 0.6 is 0 Å². The van der Waals surface area contributed by atoms with Gasteiger partial charge in [0, 0.05) is 6.54 Å². The Morgan fingerprint density at radius 2 is 1.71 bits per heavy atom. The fraction of sp³-hybridized carbons (Fsp3) is 0.200. The van der Waals surface area contributed by atoms with Crippen molar-refractivity contribution in [3.05, 3.63) is 34.9 Å². The van der Waals surface area contributed by atoms with Crippen LogP contribution in [0.25, 0.3) is 0 Å². The topological polar surface area (TPSA) is 101 Å². The van der Waals surface area contributed by atoms with Gasteiger partial charge >= 0.3 is 11.9 Å². The van der Waals surface area contributed by atoms with E-state index in [0.29, 0.717) is 12.1 Å². The molecule has 92 valence electrons. The summed E-state index contributed by atoms with van der Waals surface area (Å²) in [6, 6.07) is 1.33. The molecule has 0 amide bonds.